The zero-order chi connectivity index (χ0) is 20.2. The number of rotatable bonds is 6. The van der Waals surface area contributed by atoms with E-state index in [2.05, 4.69) is 33.0 Å². The van der Waals surface area contributed by atoms with Crippen LogP contribution in [0.25, 0.3) is 5.57 Å². The molecule has 0 aromatic heterocycles. The first-order chi connectivity index (χ1) is 14.1. The van der Waals surface area contributed by atoms with Gasteiger partial charge in [0.2, 0.25) is 0 Å². The second kappa shape index (κ2) is 9.18. The largest absolute Gasteiger partial charge is 0.508 e. The van der Waals surface area contributed by atoms with Gasteiger partial charge in [0.1, 0.15) is 23.4 Å². The molecular weight excluding hydrogens is 437 g/mol. The van der Waals surface area contributed by atoms with Crippen LogP contribution in [-0.2, 0) is 0 Å². The quantitative estimate of drug-likeness (QED) is 0.646. The van der Waals surface area contributed by atoms with Crippen LogP contribution >= 0.6 is 15.9 Å². The van der Waals surface area contributed by atoms with Crippen LogP contribution in [0.15, 0.2) is 46.9 Å². The van der Waals surface area contributed by atoms with Crippen molar-refractivity contribution < 1.29 is 19.0 Å². The van der Waals surface area contributed by atoms with E-state index in [0.29, 0.717) is 18.8 Å². The number of fused-ring (bicyclic) bond motifs is 1. The van der Waals surface area contributed by atoms with Gasteiger partial charge in [0.05, 0.1) is 13.3 Å². The van der Waals surface area contributed by atoms with E-state index in [4.69, 9.17) is 9.47 Å². The Morgan fingerprint density at radius 2 is 2.03 bits per heavy atom. The number of halogens is 2. The second-order valence-electron chi connectivity index (χ2n) is 7.45. The summed E-state index contributed by atoms with van der Waals surface area (Å²) >= 11 is 3.72. The Labute approximate surface area is 179 Å². The van der Waals surface area contributed by atoms with Crippen LogP contribution in [0.4, 0.5) is 4.39 Å². The number of ether oxygens (including phenoxy) is 2. The van der Waals surface area contributed by atoms with Crippen LogP contribution in [0.1, 0.15) is 30.4 Å². The fourth-order valence-corrected chi connectivity index (χ4v) is 4.55. The Morgan fingerprint density at radius 3 is 2.83 bits per heavy atom. The predicted octanol–water partition coefficient (Wildman–Crippen LogP) is 5.14. The van der Waals surface area contributed by atoms with Gasteiger partial charge in [0, 0.05) is 47.7 Å². The van der Waals surface area contributed by atoms with Crippen LogP contribution in [0, 0.1) is 0 Å². The molecule has 1 saturated heterocycles. The molecule has 1 unspecified atom stereocenters. The Bertz CT molecular complexity index is 884. The third-order valence-corrected chi connectivity index (χ3v) is 6.16. The van der Waals surface area contributed by atoms with Crippen molar-refractivity contribution >= 4 is 21.5 Å². The van der Waals surface area contributed by atoms with Gasteiger partial charge in [-0.15, -0.1) is 0 Å². The molecule has 1 atom stereocenters. The summed E-state index contributed by atoms with van der Waals surface area (Å²) in [4.78, 5) is 2.26. The smallest absolute Gasteiger partial charge is 0.130 e. The van der Waals surface area contributed by atoms with E-state index in [0.717, 1.165) is 59.4 Å². The van der Waals surface area contributed by atoms with Crippen LogP contribution < -0.4 is 9.47 Å². The van der Waals surface area contributed by atoms with E-state index in [1.54, 1.807) is 12.1 Å². The molecule has 0 radical (unpaired) electrons. The highest BCUT2D eigenvalue weighted by atomic mass is 79.9. The van der Waals surface area contributed by atoms with Crippen molar-refractivity contribution in [2.24, 2.45) is 0 Å². The maximum atomic E-state index is 12.4. The second-order valence-corrected chi connectivity index (χ2v) is 8.41. The first-order valence-corrected chi connectivity index (χ1v) is 10.8. The van der Waals surface area contributed by atoms with Crippen molar-refractivity contribution in [2.75, 3.05) is 32.9 Å². The lowest BCUT2D eigenvalue weighted by Gasteiger charge is -2.17. The lowest BCUT2D eigenvalue weighted by atomic mass is 9.96. The molecule has 2 aliphatic rings. The summed E-state index contributed by atoms with van der Waals surface area (Å²) in [6.07, 6.45) is 2.48. The molecule has 4 rings (SSSR count). The number of phenolic OH excluding ortho intramolecular Hbond substituents is 1. The molecule has 0 aliphatic carbocycles. The fraction of sp³-hybridized carbons (Fsp3) is 0.391. The molecule has 0 spiro atoms. The van der Waals surface area contributed by atoms with Gasteiger partial charge in [-0.1, -0.05) is 28.1 Å². The molecule has 6 heteroatoms. The Hall–Kier alpha value is -2.05. The van der Waals surface area contributed by atoms with Crippen molar-refractivity contribution in [2.45, 2.75) is 25.4 Å². The molecule has 2 aromatic rings. The number of likely N-dealkylation sites (tertiary alicyclic amines) is 1. The van der Waals surface area contributed by atoms with Gasteiger partial charge in [0.25, 0.3) is 0 Å². The van der Waals surface area contributed by atoms with Gasteiger partial charge in [-0.25, -0.2) is 0 Å². The number of benzene rings is 2. The van der Waals surface area contributed by atoms with E-state index >= 15 is 0 Å². The van der Waals surface area contributed by atoms with E-state index in [1.165, 1.54) is 0 Å². The van der Waals surface area contributed by atoms with Gasteiger partial charge >= 0.3 is 0 Å². The lowest BCUT2D eigenvalue weighted by Crippen LogP contribution is -2.26. The Kier molecular flexibility index (Phi) is 6.40. The third-order valence-electron chi connectivity index (χ3n) is 5.37. The van der Waals surface area contributed by atoms with E-state index in [1.807, 2.05) is 18.2 Å². The van der Waals surface area contributed by atoms with E-state index < -0.39 is 0 Å². The molecule has 2 aliphatic heterocycles. The van der Waals surface area contributed by atoms with Crippen molar-refractivity contribution in [1.82, 2.24) is 4.90 Å². The molecular formula is C23H25BrFNO3. The van der Waals surface area contributed by atoms with Crippen molar-refractivity contribution in [3.05, 3.63) is 58.1 Å². The van der Waals surface area contributed by atoms with Gasteiger partial charge in [-0.05, 0) is 42.7 Å². The number of nitrogens with zero attached hydrogens (tertiary/aromatic N) is 1. The van der Waals surface area contributed by atoms with Crippen LogP contribution in [0.5, 0.6) is 17.2 Å². The molecule has 0 amide bonds. The zero-order valence-electron chi connectivity index (χ0n) is 16.2. The molecule has 154 valence electrons. The minimum atomic E-state index is -0.261. The van der Waals surface area contributed by atoms with Gasteiger partial charge in [0.15, 0.2) is 0 Å². The molecule has 0 saturated carbocycles. The maximum Gasteiger partial charge on any atom is 0.130 e. The zero-order valence-corrected chi connectivity index (χ0v) is 17.8. The summed E-state index contributed by atoms with van der Waals surface area (Å²) in [5, 5.41) is 9.80. The fourth-order valence-electron chi connectivity index (χ4n) is 3.94. The Balaban J connectivity index is 1.50. The average Bonchev–Trinajstić information content (AvgIpc) is 3.09. The van der Waals surface area contributed by atoms with Crippen LogP contribution in [0.3, 0.4) is 0 Å². The highest BCUT2D eigenvalue weighted by Gasteiger charge is 2.24. The molecule has 0 bridgehead atoms. The molecule has 2 heterocycles. The van der Waals surface area contributed by atoms with Crippen LogP contribution in [0.2, 0.25) is 0 Å². The van der Waals surface area contributed by atoms with E-state index in [9.17, 15) is 9.50 Å². The molecule has 2 aromatic carbocycles. The maximum absolute atomic E-state index is 12.4. The summed E-state index contributed by atoms with van der Waals surface area (Å²) < 4.78 is 25.4. The Morgan fingerprint density at radius 1 is 1.21 bits per heavy atom. The number of aromatic hydroxyl groups is 1. The van der Waals surface area contributed by atoms with Crippen molar-refractivity contribution in [3.63, 3.8) is 0 Å². The average molecular weight is 462 g/mol. The summed E-state index contributed by atoms with van der Waals surface area (Å²) in [5.74, 6) is 1.73. The summed E-state index contributed by atoms with van der Waals surface area (Å²) in [5.41, 5.74) is 3.10. The normalized spacial score (nSPS) is 19.6. The SMILES string of the molecule is Oc1ccc2c(c1)OCCC(Br)=C2c1ccc(OC2CCN(CCCF)C2)cc1. The predicted molar refractivity (Wildman–Crippen MR) is 116 cm³/mol. The number of phenols is 1. The standard InChI is InChI=1S/C23H25BrFNO3/c24-21-9-13-28-22-14-17(27)4-7-20(22)23(21)16-2-5-18(6-3-16)29-19-8-12-26(15-19)11-1-10-25/h2-7,14,19,27H,1,8-13,15H2. The summed E-state index contributed by atoms with van der Waals surface area (Å²) in [6.45, 7) is 2.92. The van der Waals surface area contributed by atoms with Gasteiger partial charge < -0.3 is 14.6 Å². The minimum Gasteiger partial charge on any atom is -0.508 e. The van der Waals surface area contributed by atoms with E-state index in [-0.39, 0.29) is 18.5 Å². The molecule has 1 fully saturated rings. The summed E-state index contributed by atoms with van der Waals surface area (Å²) in [6, 6.07) is 13.3. The van der Waals surface area contributed by atoms with Crippen LogP contribution in [-0.4, -0.2) is 49.0 Å². The topological polar surface area (TPSA) is 41.9 Å². The first-order valence-electron chi connectivity index (χ1n) is 10.0. The monoisotopic (exact) mass is 461 g/mol. The number of hydrogen-bond donors (Lipinski definition) is 1. The number of alkyl halides is 1. The lowest BCUT2D eigenvalue weighted by molar-refractivity contribution is 0.198. The van der Waals surface area contributed by atoms with Crippen molar-refractivity contribution in [1.29, 1.82) is 0 Å². The highest BCUT2D eigenvalue weighted by molar-refractivity contribution is 9.11. The van der Waals surface area contributed by atoms with Crippen molar-refractivity contribution in [3.8, 4) is 17.2 Å². The minimum absolute atomic E-state index is 0.154. The number of hydrogen-bond acceptors (Lipinski definition) is 4. The third kappa shape index (κ3) is 4.75. The molecule has 1 N–H and O–H groups in total. The summed E-state index contributed by atoms with van der Waals surface area (Å²) in [7, 11) is 0. The van der Waals surface area contributed by atoms with Gasteiger partial charge in [-0.2, -0.15) is 0 Å². The van der Waals surface area contributed by atoms with Gasteiger partial charge in [-0.3, -0.25) is 9.29 Å². The first kappa shape index (κ1) is 20.2. The highest BCUT2D eigenvalue weighted by Crippen LogP contribution is 2.40. The molecule has 4 nitrogen and oxygen atoms in total. The molecule has 29 heavy (non-hydrogen) atoms.